The summed E-state index contributed by atoms with van der Waals surface area (Å²) in [6.07, 6.45) is 2.81. The molecule has 2 aromatic rings. The number of hydrogen-bond donors (Lipinski definition) is 3. The van der Waals surface area contributed by atoms with Crippen LogP contribution < -0.4 is 5.32 Å². The van der Waals surface area contributed by atoms with Crippen LogP contribution in [0.4, 0.5) is 0 Å². The number of nitrogens with zero attached hydrogens (tertiary/aromatic N) is 1. The third-order valence-corrected chi connectivity index (χ3v) is 5.73. The molecule has 1 unspecified atom stereocenters. The predicted octanol–water partition coefficient (Wildman–Crippen LogP) is 4.22. The molecule has 0 aromatic heterocycles. The van der Waals surface area contributed by atoms with E-state index in [-0.39, 0.29) is 23.5 Å². The Hall–Kier alpha value is -2.50. The molecule has 0 amide bonds. The van der Waals surface area contributed by atoms with Gasteiger partial charge in [0.15, 0.2) is 0 Å². The van der Waals surface area contributed by atoms with Gasteiger partial charge in [0.2, 0.25) is 0 Å². The van der Waals surface area contributed by atoms with Crippen molar-refractivity contribution in [3.63, 3.8) is 0 Å². The summed E-state index contributed by atoms with van der Waals surface area (Å²) in [6, 6.07) is 9.70. The summed E-state index contributed by atoms with van der Waals surface area (Å²) in [5.74, 6) is 0.370. The minimum absolute atomic E-state index is 0.0870. The highest BCUT2D eigenvalue weighted by molar-refractivity contribution is 5.74. The Morgan fingerprint density at radius 3 is 2.71 bits per heavy atom. The van der Waals surface area contributed by atoms with Crippen molar-refractivity contribution in [1.82, 2.24) is 10.4 Å². The van der Waals surface area contributed by atoms with E-state index in [4.69, 9.17) is 4.84 Å². The lowest BCUT2D eigenvalue weighted by Crippen LogP contribution is -2.25. The maximum absolute atomic E-state index is 10.7. The molecule has 3 N–H and O–H groups in total. The summed E-state index contributed by atoms with van der Waals surface area (Å²) >= 11 is 0. The van der Waals surface area contributed by atoms with E-state index in [2.05, 4.69) is 23.5 Å². The third-order valence-electron chi connectivity index (χ3n) is 5.73. The highest BCUT2D eigenvalue weighted by Gasteiger charge is 2.34. The maximum atomic E-state index is 10.7. The van der Waals surface area contributed by atoms with Gasteiger partial charge >= 0.3 is 0 Å². The molecule has 2 aliphatic rings. The average molecular weight is 380 g/mol. The number of likely N-dealkylation sites (N-methyl/N-ethyl adjacent to an activating group) is 1. The number of phenols is 2. The number of nitrogens with one attached hydrogen (secondary N) is 1. The molecule has 2 aliphatic heterocycles. The number of hydrogen-bond acceptors (Lipinski definition) is 5. The van der Waals surface area contributed by atoms with E-state index < -0.39 is 0 Å². The fraction of sp³-hybridized carbons (Fsp3) is 0.391. The van der Waals surface area contributed by atoms with E-state index in [0.717, 1.165) is 41.8 Å². The number of phenolic OH excluding ortho intramolecular Hbond substituents is 2. The monoisotopic (exact) mass is 380 g/mol. The van der Waals surface area contributed by atoms with Crippen molar-refractivity contribution >= 4 is 5.57 Å². The van der Waals surface area contributed by atoms with Gasteiger partial charge in [0.25, 0.3) is 0 Å². The van der Waals surface area contributed by atoms with E-state index in [1.807, 2.05) is 31.9 Å². The second-order valence-electron chi connectivity index (χ2n) is 7.85. The second kappa shape index (κ2) is 7.49. The lowest BCUT2D eigenvalue weighted by atomic mass is 9.88. The van der Waals surface area contributed by atoms with Crippen LogP contribution in [0.1, 0.15) is 60.5 Å². The van der Waals surface area contributed by atoms with Crippen LogP contribution in [-0.2, 0) is 17.8 Å². The van der Waals surface area contributed by atoms with Crippen molar-refractivity contribution in [3.05, 3.63) is 64.4 Å². The average Bonchev–Trinajstić information content (AvgIpc) is 3.11. The number of hydroxylamine groups is 2. The Balaban J connectivity index is 1.78. The molecule has 0 bridgehead atoms. The Morgan fingerprint density at radius 2 is 1.96 bits per heavy atom. The van der Waals surface area contributed by atoms with Gasteiger partial charge in [-0.3, -0.25) is 0 Å². The molecule has 28 heavy (non-hydrogen) atoms. The predicted molar refractivity (Wildman–Crippen MR) is 110 cm³/mol. The maximum Gasteiger partial charge on any atom is 0.124 e. The van der Waals surface area contributed by atoms with Gasteiger partial charge in [-0.2, -0.15) is 0 Å². The molecule has 0 spiro atoms. The molecule has 148 valence electrons. The molecule has 1 atom stereocenters. The number of benzene rings is 2. The highest BCUT2D eigenvalue weighted by atomic mass is 16.7. The molecule has 2 aromatic carbocycles. The van der Waals surface area contributed by atoms with Crippen LogP contribution in [0, 0.1) is 0 Å². The fourth-order valence-corrected chi connectivity index (χ4v) is 4.16. The van der Waals surface area contributed by atoms with Crippen LogP contribution in [0.5, 0.6) is 11.5 Å². The summed E-state index contributed by atoms with van der Waals surface area (Å²) in [4.78, 5) is 5.85. The molecule has 0 saturated heterocycles. The van der Waals surface area contributed by atoms with Gasteiger partial charge in [-0.25, -0.2) is 0 Å². The summed E-state index contributed by atoms with van der Waals surface area (Å²) < 4.78 is 0. The largest absolute Gasteiger partial charge is 0.508 e. The first-order valence-corrected chi connectivity index (χ1v) is 10.0. The molecule has 4 rings (SSSR count). The Morgan fingerprint density at radius 1 is 1.14 bits per heavy atom. The van der Waals surface area contributed by atoms with Crippen LogP contribution in [0.25, 0.3) is 5.57 Å². The van der Waals surface area contributed by atoms with Crippen LogP contribution in [0.2, 0.25) is 0 Å². The molecule has 5 heteroatoms. The van der Waals surface area contributed by atoms with Gasteiger partial charge in [-0.05, 0) is 54.1 Å². The number of rotatable bonds is 4. The van der Waals surface area contributed by atoms with Crippen molar-refractivity contribution in [2.24, 2.45) is 0 Å². The van der Waals surface area contributed by atoms with Crippen LogP contribution in [-0.4, -0.2) is 28.4 Å². The van der Waals surface area contributed by atoms with Crippen molar-refractivity contribution < 1.29 is 15.1 Å². The zero-order valence-electron chi connectivity index (χ0n) is 16.7. The van der Waals surface area contributed by atoms with E-state index in [1.165, 1.54) is 17.2 Å². The first-order valence-electron chi connectivity index (χ1n) is 10.0. The summed E-state index contributed by atoms with van der Waals surface area (Å²) in [5, 5.41) is 26.2. The zero-order valence-corrected chi connectivity index (χ0v) is 16.7. The summed E-state index contributed by atoms with van der Waals surface area (Å²) in [7, 11) is 0. The Labute approximate surface area is 166 Å². The van der Waals surface area contributed by atoms with Gasteiger partial charge in [0.05, 0.1) is 0 Å². The Kier molecular flexibility index (Phi) is 5.04. The van der Waals surface area contributed by atoms with E-state index in [9.17, 15) is 10.2 Å². The first-order chi connectivity index (χ1) is 13.5. The molecule has 0 radical (unpaired) electrons. The molecule has 2 heterocycles. The van der Waals surface area contributed by atoms with Gasteiger partial charge in [0.1, 0.15) is 23.8 Å². The second-order valence-corrected chi connectivity index (χ2v) is 7.85. The normalized spacial score (nSPS) is 19.4. The molecule has 0 aliphatic carbocycles. The topological polar surface area (TPSA) is 65.0 Å². The van der Waals surface area contributed by atoms with Crippen molar-refractivity contribution in [1.29, 1.82) is 0 Å². The zero-order chi connectivity index (χ0) is 19.8. The molecular weight excluding hydrogens is 352 g/mol. The van der Waals surface area contributed by atoms with Gasteiger partial charge < -0.3 is 20.4 Å². The molecule has 5 nitrogen and oxygen atoms in total. The molecule has 0 fully saturated rings. The van der Waals surface area contributed by atoms with Crippen LogP contribution in [0.15, 0.2) is 36.6 Å². The molecular formula is C23H28N2O3. The van der Waals surface area contributed by atoms with Crippen molar-refractivity contribution in [2.75, 3.05) is 13.1 Å². The summed E-state index contributed by atoms with van der Waals surface area (Å²) in [5.41, 5.74) is 6.42. The third kappa shape index (κ3) is 3.25. The van der Waals surface area contributed by atoms with Gasteiger partial charge in [-0.1, -0.05) is 32.0 Å². The van der Waals surface area contributed by atoms with E-state index in [1.54, 1.807) is 6.26 Å². The van der Waals surface area contributed by atoms with Crippen LogP contribution >= 0.6 is 0 Å². The lowest BCUT2D eigenvalue weighted by molar-refractivity contribution is -0.100. The van der Waals surface area contributed by atoms with Gasteiger partial charge in [0, 0.05) is 30.3 Å². The van der Waals surface area contributed by atoms with Crippen molar-refractivity contribution in [2.45, 2.75) is 45.7 Å². The smallest absolute Gasteiger partial charge is 0.124 e. The minimum atomic E-state index is -0.220. The van der Waals surface area contributed by atoms with Crippen LogP contribution in [0.3, 0.4) is 0 Å². The Bertz CT molecular complexity index is 920. The highest BCUT2D eigenvalue weighted by Crippen LogP contribution is 2.45. The van der Waals surface area contributed by atoms with E-state index in [0.29, 0.717) is 6.54 Å². The standard InChI is InChI=1S/C23H28N2O3/c1-4-25-23(19-10-18(14(2)3)21(26)11-22(19)27)20(13-28-25)16-5-6-17-12-24-8-7-15(17)9-16/h5-6,9-11,13-14,23-24,26-27H,4,7-8,12H2,1-3H3. The molecule has 0 saturated carbocycles. The minimum Gasteiger partial charge on any atom is -0.508 e. The SMILES string of the molecule is CCN1OC=C(c2ccc3c(c2)CCNC3)C1c1cc(C(C)C)c(O)cc1O. The summed E-state index contributed by atoms with van der Waals surface area (Å²) in [6.45, 7) is 8.68. The fourth-order valence-electron chi connectivity index (χ4n) is 4.16. The lowest BCUT2D eigenvalue weighted by Gasteiger charge is -2.26. The van der Waals surface area contributed by atoms with Gasteiger partial charge in [-0.15, -0.1) is 5.06 Å². The number of aromatic hydroxyl groups is 2. The quantitative estimate of drug-likeness (QED) is 0.741. The first kappa shape index (κ1) is 18.8. The van der Waals surface area contributed by atoms with Crippen molar-refractivity contribution in [3.8, 4) is 11.5 Å². The van der Waals surface area contributed by atoms with E-state index >= 15 is 0 Å². The number of fused-ring (bicyclic) bond motifs is 1.